The Balaban J connectivity index is 2.55. The number of hydrogen-bond acceptors (Lipinski definition) is 8. The van der Waals surface area contributed by atoms with Gasteiger partial charge in [0.25, 0.3) is 0 Å². The van der Waals surface area contributed by atoms with Crippen LogP contribution in [0.5, 0.6) is 0 Å². The minimum atomic E-state index is -3.35. The second kappa shape index (κ2) is 12.8. The molecule has 0 amide bonds. The molecule has 0 N–H and O–H groups in total. The van der Waals surface area contributed by atoms with Gasteiger partial charge in [-0.25, -0.2) is 4.57 Å². The fourth-order valence-corrected chi connectivity index (χ4v) is 8.66. The van der Waals surface area contributed by atoms with Crippen LogP contribution in [0, 0.1) is 5.41 Å². The van der Waals surface area contributed by atoms with Crippen molar-refractivity contribution in [1.29, 1.82) is 0 Å². The van der Waals surface area contributed by atoms with E-state index in [0.29, 0.717) is 11.5 Å². The van der Waals surface area contributed by atoms with Gasteiger partial charge in [-0.3, -0.25) is 18.7 Å². The third-order valence-corrected chi connectivity index (χ3v) is 11.3. The number of carbonyl (C=O) groups is 1. The number of rotatable bonds is 14. The van der Waals surface area contributed by atoms with Crippen LogP contribution in [0.25, 0.3) is 0 Å². The number of thioether (sulfide) groups is 1. The molecule has 1 aliphatic heterocycles. The minimum absolute atomic E-state index is 0.181. The maximum Gasteiger partial charge on any atom is 0.390 e. The summed E-state index contributed by atoms with van der Waals surface area (Å²) in [5, 5.41) is 0.181. The Bertz CT molecular complexity index is 585. The lowest BCUT2D eigenvalue weighted by Gasteiger charge is -2.34. The van der Waals surface area contributed by atoms with Gasteiger partial charge in [0, 0.05) is 30.0 Å². The summed E-state index contributed by atoms with van der Waals surface area (Å²) in [6, 6.07) is 0. The normalized spacial score (nSPS) is 17.2. The van der Waals surface area contributed by atoms with Crippen LogP contribution in [0.4, 0.5) is 0 Å². The first-order chi connectivity index (χ1) is 14.2. The van der Waals surface area contributed by atoms with Gasteiger partial charge >= 0.3 is 6.80 Å². The molecule has 0 aromatic rings. The first-order valence-electron chi connectivity index (χ1n) is 11.4. The third-order valence-electron chi connectivity index (χ3n) is 5.70. The van der Waals surface area contributed by atoms with E-state index in [9.17, 15) is 9.36 Å². The van der Waals surface area contributed by atoms with E-state index >= 15 is 0 Å². The van der Waals surface area contributed by atoms with Crippen molar-refractivity contribution >= 4 is 35.1 Å². The summed E-state index contributed by atoms with van der Waals surface area (Å²) in [4.78, 5) is 15.1. The van der Waals surface area contributed by atoms with E-state index in [4.69, 9.17) is 13.8 Å². The maximum atomic E-state index is 13.5. The molecule has 184 valence electrons. The summed E-state index contributed by atoms with van der Waals surface area (Å²) in [7, 11) is 0. The molecule has 0 unspecified atom stereocenters. The molecule has 0 aromatic carbocycles. The second-order valence-corrected chi connectivity index (χ2v) is 15.0. The van der Waals surface area contributed by atoms with Crippen LogP contribution in [0.2, 0.25) is 0 Å². The minimum Gasteiger partial charge on any atom is -0.379 e. The monoisotopic (exact) mass is 497 g/mol. The second-order valence-electron chi connectivity index (χ2n) is 9.91. The Hall–Kier alpha value is 0.440. The van der Waals surface area contributed by atoms with E-state index in [2.05, 4.69) is 4.90 Å². The molecule has 1 fully saturated rings. The predicted molar refractivity (Wildman–Crippen MR) is 134 cm³/mol. The van der Waals surface area contributed by atoms with Crippen LogP contribution in [-0.2, 0) is 23.1 Å². The molecular weight excluding hydrogens is 453 g/mol. The summed E-state index contributed by atoms with van der Waals surface area (Å²) in [6.07, 6.45) is 2.29. The standard InChI is InChI=1S/C22H44NO5PS2/c1-9-21(5,6)27-29(25,28-22(7,8)10-2)31-18-17-30-19(24)20(3,4)11-12-23-13-15-26-16-14-23/h9-18H2,1-8H3. The molecule has 0 spiro atoms. The van der Waals surface area contributed by atoms with E-state index in [0.717, 1.165) is 52.1 Å². The van der Waals surface area contributed by atoms with E-state index in [1.807, 2.05) is 55.4 Å². The molecule has 0 bridgehead atoms. The molecular formula is C22H44NO5PS2. The van der Waals surface area contributed by atoms with Gasteiger partial charge in [0.2, 0.25) is 0 Å². The molecule has 31 heavy (non-hydrogen) atoms. The van der Waals surface area contributed by atoms with E-state index < -0.39 is 23.4 Å². The molecule has 0 atom stereocenters. The molecule has 0 radical (unpaired) electrons. The SMILES string of the molecule is CCC(C)(C)OP(=O)(OC(C)(C)CC)SCCSC(=O)C(C)(C)CCN1CCOCC1. The zero-order valence-electron chi connectivity index (χ0n) is 20.8. The van der Waals surface area contributed by atoms with Crippen LogP contribution in [0.15, 0.2) is 0 Å². The fraction of sp³-hybridized carbons (Fsp3) is 0.955. The van der Waals surface area contributed by atoms with Crippen molar-refractivity contribution in [3.8, 4) is 0 Å². The van der Waals surface area contributed by atoms with Crippen molar-refractivity contribution in [1.82, 2.24) is 4.90 Å². The Morgan fingerprint density at radius 2 is 1.48 bits per heavy atom. The first-order valence-corrected chi connectivity index (χ1v) is 15.5. The van der Waals surface area contributed by atoms with Crippen LogP contribution in [0.1, 0.15) is 74.7 Å². The molecule has 0 saturated carbocycles. The van der Waals surface area contributed by atoms with Crippen LogP contribution in [0.3, 0.4) is 0 Å². The Labute approximate surface area is 198 Å². The Morgan fingerprint density at radius 3 is 1.97 bits per heavy atom. The molecule has 1 heterocycles. The van der Waals surface area contributed by atoms with Crippen molar-refractivity contribution in [2.75, 3.05) is 44.4 Å². The lowest BCUT2D eigenvalue weighted by molar-refractivity contribution is -0.118. The van der Waals surface area contributed by atoms with Gasteiger partial charge in [-0.15, -0.1) is 0 Å². The summed E-state index contributed by atoms with van der Waals surface area (Å²) in [6.45, 7) is 16.7. The van der Waals surface area contributed by atoms with E-state index in [1.165, 1.54) is 23.1 Å². The molecule has 9 heteroatoms. The topological polar surface area (TPSA) is 65.1 Å². The number of hydrogen-bond donors (Lipinski definition) is 0. The van der Waals surface area contributed by atoms with E-state index in [1.54, 1.807) is 0 Å². The summed E-state index contributed by atoms with van der Waals surface area (Å²) >= 11 is 2.54. The van der Waals surface area contributed by atoms with Gasteiger partial charge in [-0.1, -0.05) is 39.5 Å². The number of nitrogens with zero attached hydrogens (tertiary/aromatic N) is 1. The van der Waals surface area contributed by atoms with Gasteiger partial charge in [0.1, 0.15) is 0 Å². The third kappa shape index (κ3) is 11.4. The quantitative estimate of drug-likeness (QED) is 0.206. The highest BCUT2D eigenvalue weighted by molar-refractivity contribution is 8.55. The number of carbonyl (C=O) groups excluding carboxylic acids is 1. The molecule has 6 nitrogen and oxygen atoms in total. The van der Waals surface area contributed by atoms with Crippen LogP contribution in [-0.4, -0.2) is 65.6 Å². The van der Waals surface area contributed by atoms with Crippen molar-refractivity contribution in [3.63, 3.8) is 0 Å². The first kappa shape index (κ1) is 29.5. The smallest absolute Gasteiger partial charge is 0.379 e. The lowest BCUT2D eigenvalue weighted by Crippen LogP contribution is -2.39. The summed E-state index contributed by atoms with van der Waals surface area (Å²) in [5.74, 6) is 1.12. The van der Waals surface area contributed by atoms with Crippen molar-refractivity contribution in [2.24, 2.45) is 5.41 Å². The highest BCUT2D eigenvalue weighted by Crippen LogP contribution is 2.65. The van der Waals surface area contributed by atoms with Gasteiger partial charge in [0.05, 0.1) is 24.4 Å². The maximum absolute atomic E-state index is 13.5. The average Bonchev–Trinajstić information content (AvgIpc) is 2.69. The zero-order valence-corrected chi connectivity index (χ0v) is 23.4. The lowest BCUT2D eigenvalue weighted by atomic mass is 9.91. The fourth-order valence-electron chi connectivity index (χ4n) is 2.65. The molecule has 1 aliphatic rings. The van der Waals surface area contributed by atoms with Crippen molar-refractivity contribution in [2.45, 2.75) is 85.9 Å². The van der Waals surface area contributed by atoms with Gasteiger partial charge in [-0.2, -0.15) is 0 Å². The number of morpholine rings is 1. The summed E-state index contributed by atoms with van der Waals surface area (Å²) < 4.78 is 30.8. The highest BCUT2D eigenvalue weighted by atomic mass is 32.7. The van der Waals surface area contributed by atoms with Crippen molar-refractivity contribution in [3.05, 3.63) is 0 Å². The molecule has 0 aliphatic carbocycles. The van der Waals surface area contributed by atoms with Crippen molar-refractivity contribution < 1.29 is 23.1 Å². The van der Waals surface area contributed by atoms with Gasteiger partial charge in [0.15, 0.2) is 5.12 Å². The Kier molecular flexibility index (Phi) is 12.1. The van der Waals surface area contributed by atoms with Crippen LogP contribution >= 0.6 is 29.9 Å². The molecule has 0 aromatic heterocycles. The van der Waals surface area contributed by atoms with E-state index in [-0.39, 0.29) is 5.12 Å². The van der Waals surface area contributed by atoms with Crippen LogP contribution < -0.4 is 0 Å². The number of ether oxygens (including phenoxy) is 1. The molecule has 1 rings (SSSR count). The van der Waals surface area contributed by atoms with Gasteiger partial charge < -0.3 is 4.74 Å². The predicted octanol–water partition coefficient (Wildman–Crippen LogP) is 6.25. The summed E-state index contributed by atoms with van der Waals surface area (Å²) in [5.41, 5.74) is -1.45. The molecule has 1 saturated heterocycles. The highest BCUT2D eigenvalue weighted by Gasteiger charge is 2.38. The Morgan fingerprint density at radius 1 is 0.968 bits per heavy atom. The largest absolute Gasteiger partial charge is 0.390 e. The average molecular weight is 498 g/mol. The zero-order chi connectivity index (χ0) is 23.8. The van der Waals surface area contributed by atoms with Gasteiger partial charge in [-0.05, 0) is 64.9 Å².